The van der Waals surface area contributed by atoms with E-state index in [-0.39, 0.29) is 11.7 Å². The van der Waals surface area contributed by atoms with E-state index in [1.807, 2.05) is 18.2 Å². The quantitative estimate of drug-likeness (QED) is 0.906. The zero-order valence-electron chi connectivity index (χ0n) is 11.5. The molecule has 3 heterocycles. The number of nitrogens with zero attached hydrogens (tertiary/aromatic N) is 1. The number of ether oxygens (including phenoxy) is 1. The fourth-order valence-electron chi connectivity index (χ4n) is 3.40. The van der Waals surface area contributed by atoms with Crippen molar-refractivity contribution in [1.29, 1.82) is 0 Å². The molecule has 0 aliphatic carbocycles. The highest BCUT2D eigenvalue weighted by atomic mass is 16.5. The van der Waals surface area contributed by atoms with Crippen LogP contribution >= 0.6 is 0 Å². The van der Waals surface area contributed by atoms with Gasteiger partial charge in [-0.25, -0.2) is 9.78 Å². The Labute approximate surface area is 121 Å². The van der Waals surface area contributed by atoms with E-state index in [1.165, 1.54) is 0 Å². The molecule has 5 nitrogen and oxygen atoms in total. The predicted molar refractivity (Wildman–Crippen MR) is 78.6 cm³/mol. The van der Waals surface area contributed by atoms with Gasteiger partial charge in [-0.2, -0.15) is 0 Å². The molecule has 3 unspecified atom stereocenters. The van der Waals surface area contributed by atoms with Crippen LogP contribution in [0.15, 0.2) is 30.3 Å². The van der Waals surface area contributed by atoms with Gasteiger partial charge in [0.25, 0.3) is 0 Å². The van der Waals surface area contributed by atoms with Crippen molar-refractivity contribution in [3.05, 3.63) is 35.9 Å². The minimum atomic E-state index is -0.926. The van der Waals surface area contributed by atoms with Crippen molar-refractivity contribution >= 4 is 22.7 Å². The summed E-state index contributed by atoms with van der Waals surface area (Å²) >= 11 is 0. The number of nitrogens with one attached hydrogen (secondary N) is 1. The van der Waals surface area contributed by atoms with Crippen LogP contribution in [0.2, 0.25) is 0 Å². The molecule has 5 heteroatoms. The van der Waals surface area contributed by atoms with Crippen molar-refractivity contribution in [2.45, 2.75) is 37.5 Å². The monoisotopic (exact) mass is 284 g/mol. The average molecular weight is 284 g/mol. The second-order valence-corrected chi connectivity index (χ2v) is 5.73. The highest BCUT2D eigenvalue weighted by molar-refractivity contribution is 6.02. The Balaban J connectivity index is 1.63. The molecule has 2 bridgehead atoms. The molecule has 2 aliphatic heterocycles. The second kappa shape index (κ2) is 4.70. The van der Waals surface area contributed by atoms with Crippen LogP contribution in [0, 0.1) is 0 Å². The fourth-order valence-corrected chi connectivity index (χ4v) is 3.40. The standard InChI is InChI=1S/C16H16N2O3/c19-16(20)11-2-1-3-12-10(11)5-7-15(17-12)18-13-8-9-4-6-14(13)21-9/h1-3,5,7,9,13-14H,4,6,8H2,(H,17,18)(H,19,20). The minimum absolute atomic E-state index is 0.287. The Morgan fingerprint density at radius 1 is 1.29 bits per heavy atom. The zero-order valence-corrected chi connectivity index (χ0v) is 11.5. The van der Waals surface area contributed by atoms with Crippen LogP contribution in [0.1, 0.15) is 29.6 Å². The van der Waals surface area contributed by atoms with Gasteiger partial charge in [-0.3, -0.25) is 0 Å². The Morgan fingerprint density at radius 3 is 2.90 bits per heavy atom. The van der Waals surface area contributed by atoms with Gasteiger partial charge in [0.15, 0.2) is 0 Å². The lowest BCUT2D eigenvalue weighted by atomic mass is 9.95. The van der Waals surface area contributed by atoms with Crippen LogP contribution in [-0.2, 0) is 4.74 Å². The maximum absolute atomic E-state index is 11.2. The summed E-state index contributed by atoms with van der Waals surface area (Å²) in [5.41, 5.74) is 0.985. The van der Waals surface area contributed by atoms with Crippen molar-refractivity contribution in [3.8, 4) is 0 Å². The van der Waals surface area contributed by atoms with Gasteiger partial charge in [-0.05, 0) is 43.5 Å². The third-order valence-electron chi connectivity index (χ3n) is 4.40. The number of anilines is 1. The number of hydrogen-bond donors (Lipinski definition) is 2. The number of carbonyl (C=O) groups is 1. The Hall–Kier alpha value is -2.14. The van der Waals surface area contributed by atoms with Gasteiger partial charge in [0.05, 0.1) is 29.3 Å². The zero-order chi connectivity index (χ0) is 14.4. The van der Waals surface area contributed by atoms with E-state index < -0.39 is 5.97 Å². The molecule has 108 valence electrons. The molecule has 1 aromatic carbocycles. The molecule has 1 aromatic heterocycles. The third-order valence-corrected chi connectivity index (χ3v) is 4.40. The van der Waals surface area contributed by atoms with Gasteiger partial charge < -0.3 is 15.2 Å². The highest BCUT2D eigenvalue weighted by Crippen LogP contribution is 2.35. The summed E-state index contributed by atoms with van der Waals surface area (Å²) in [7, 11) is 0. The van der Waals surface area contributed by atoms with Crippen LogP contribution < -0.4 is 5.32 Å². The number of aromatic nitrogens is 1. The number of benzene rings is 1. The van der Waals surface area contributed by atoms with E-state index >= 15 is 0 Å². The number of carboxylic acids is 1. The summed E-state index contributed by atoms with van der Waals surface area (Å²) in [5, 5.41) is 13.3. The lowest BCUT2D eigenvalue weighted by Gasteiger charge is -2.20. The maximum atomic E-state index is 11.2. The van der Waals surface area contributed by atoms with Gasteiger partial charge in [-0.15, -0.1) is 0 Å². The number of rotatable bonds is 3. The average Bonchev–Trinajstić information content (AvgIpc) is 3.09. The normalized spacial score (nSPS) is 27.1. The molecule has 0 spiro atoms. The van der Waals surface area contributed by atoms with E-state index in [0.717, 1.165) is 25.1 Å². The molecule has 2 aromatic rings. The first-order chi connectivity index (χ1) is 10.2. The molecule has 0 amide bonds. The molecule has 2 N–H and O–H groups in total. The van der Waals surface area contributed by atoms with Crippen molar-refractivity contribution in [1.82, 2.24) is 4.98 Å². The van der Waals surface area contributed by atoms with Gasteiger partial charge in [0, 0.05) is 5.39 Å². The third kappa shape index (κ3) is 2.14. The molecule has 2 fully saturated rings. The number of fused-ring (bicyclic) bond motifs is 3. The van der Waals surface area contributed by atoms with Gasteiger partial charge >= 0.3 is 5.97 Å². The lowest BCUT2D eigenvalue weighted by molar-refractivity contribution is 0.0699. The van der Waals surface area contributed by atoms with Crippen LogP contribution in [0.5, 0.6) is 0 Å². The van der Waals surface area contributed by atoms with Gasteiger partial charge in [-0.1, -0.05) is 6.07 Å². The summed E-state index contributed by atoms with van der Waals surface area (Å²) in [6.45, 7) is 0. The summed E-state index contributed by atoms with van der Waals surface area (Å²) < 4.78 is 5.83. The lowest BCUT2D eigenvalue weighted by Crippen LogP contribution is -2.30. The first-order valence-corrected chi connectivity index (χ1v) is 7.26. The predicted octanol–water partition coefficient (Wildman–Crippen LogP) is 2.66. The van der Waals surface area contributed by atoms with Gasteiger partial charge in [0.2, 0.25) is 0 Å². The second-order valence-electron chi connectivity index (χ2n) is 5.73. The smallest absolute Gasteiger partial charge is 0.336 e. The van der Waals surface area contributed by atoms with Crippen LogP contribution in [0.25, 0.3) is 10.9 Å². The molecule has 2 saturated heterocycles. The van der Waals surface area contributed by atoms with Crippen molar-refractivity contribution in [3.63, 3.8) is 0 Å². The summed E-state index contributed by atoms with van der Waals surface area (Å²) in [6.07, 6.45) is 3.98. The molecular formula is C16H16N2O3. The molecular weight excluding hydrogens is 268 g/mol. The highest BCUT2D eigenvalue weighted by Gasteiger charge is 2.40. The SMILES string of the molecule is O=C(O)c1cccc2nc(NC3CC4CCC3O4)ccc12. The first kappa shape index (κ1) is 12.6. The van der Waals surface area contributed by atoms with E-state index in [2.05, 4.69) is 10.3 Å². The number of carboxylic acid groups (broad SMARTS) is 1. The van der Waals surface area contributed by atoms with Crippen LogP contribution in [0.4, 0.5) is 5.82 Å². The van der Waals surface area contributed by atoms with Crippen molar-refractivity contribution in [2.24, 2.45) is 0 Å². The number of hydrogen-bond acceptors (Lipinski definition) is 4. The summed E-state index contributed by atoms with van der Waals surface area (Å²) in [6, 6.07) is 9.15. The first-order valence-electron chi connectivity index (χ1n) is 7.26. The van der Waals surface area contributed by atoms with E-state index in [4.69, 9.17) is 4.74 Å². The van der Waals surface area contributed by atoms with E-state index in [0.29, 0.717) is 23.0 Å². The van der Waals surface area contributed by atoms with Crippen molar-refractivity contribution in [2.75, 3.05) is 5.32 Å². The summed E-state index contributed by atoms with van der Waals surface area (Å²) in [5.74, 6) is -0.143. The molecule has 0 radical (unpaired) electrons. The van der Waals surface area contributed by atoms with Crippen molar-refractivity contribution < 1.29 is 14.6 Å². The molecule has 21 heavy (non-hydrogen) atoms. The molecule has 2 aliphatic rings. The largest absolute Gasteiger partial charge is 0.478 e. The summed E-state index contributed by atoms with van der Waals surface area (Å²) in [4.78, 5) is 15.7. The van der Waals surface area contributed by atoms with E-state index in [1.54, 1.807) is 12.1 Å². The minimum Gasteiger partial charge on any atom is -0.478 e. The van der Waals surface area contributed by atoms with Gasteiger partial charge in [0.1, 0.15) is 5.82 Å². The fraction of sp³-hybridized carbons (Fsp3) is 0.375. The molecule has 3 atom stereocenters. The maximum Gasteiger partial charge on any atom is 0.336 e. The van der Waals surface area contributed by atoms with Crippen LogP contribution in [0.3, 0.4) is 0 Å². The number of aromatic carboxylic acids is 1. The molecule has 4 rings (SSSR count). The topological polar surface area (TPSA) is 71.5 Å². The van der Waals surface area contributed by atoms with Crippen LogP contribution in [-0.4, -0.2) is 34.3 Å². The molecule has 0 saturated carbocycles. The Morgan fingerprint density at radius 2 is 2.19 bits per heavy atom. The number of pyridine rings is 1. The Kier molecular flexibility index (Phi) is 2.82. The Bertz CT molecular complexity index is 716. The van der Waals surface area contributed by atoms with E-state index in [9.17, 15) is 9.90 Å².